The van der Waals surface area contributed by atoms with Gasteiger partial charge in [-0.2, -0.15) is 0 Å². The topological polar surface area (TPSA) is 95.6 Å². The van der Waals surface area contributed by atoms with Gasteiger partial charge < -0.3 is 19.9 Å². The Morgan fingerprint density at radius 2 is 1.96 bits per heavy atom. The maximum absolute atomic E-state index is 13.3. The van der Waals surface area contributed by atoms with Crippen LogP contribution < -0.4 is 10.7 Å². The van der Waals surface area contributed by atoms with E-state index in [9.17, 15) is 19.4 Å². The molecule has 0 unspecified atom stereocenters. The smallest absolute Gasteiger partial charge is 0.227 e. The van der Waals surface area contributed by atoms with E-state index in [-0.39, 0.29) is 11.5 Å². The van der Waals surface area contributed by atoms with Crippen LogP contribution in [0.3, 0.4) is 0 Å². The molecule has 25 heavy (non-hydrogen) atoms. The van der Waals surface area contributed by atoms with E-state index >= 15 is 0 Å². The summed E-state index contributed by atoms with van der Waals surface area (Å²) in [6.07, 6.45) is 1.57. The minimum atomic E-state index is -0.810. The summed E-state index contributed by atoms with van der Waals surface area (Å²) in [5.74, 6) is -0.625. The summed E-state index contributed by atoms with van der Waals surface area (Å²) < 4.78 is 18.7. The van der Waals surface area contributed by atoms with Crippen LogP contribution in [-0.4, -0.2) is 15.2 Å². The van der Waals surface area contributed by atoms with Crippen LogP contribution in [0, 0.1) is 5.82 Å². The number of aliphatic hydroxyl groups excluding tert-OH is 1. The molecule has 2 aromatic heterocycles. The minimum Gasteiger partial charge on any atom is -0.502 e. The number of aromatic nitrogens is 1. The third-order valence-corrected chi connectivity index (χ3v) is 3.58. The number of hydrogen-bond acceptors (Lipinski definition) is 6. The van der Waals surface area contributed by atoms with Crippen molar-refractivity contribution >= 4 is 5.82 Å². The normalized spacial score (nSPS) is 11.9. The lowest BCUT2D eigenvalue weighted by atomic mass is 10.0. The number of rotatable bonds is 5. The first-order valence-corrected chi connectivity index (χ1v) is 7.48. The molecule has 0 aliphatic heterocycles. The van der Waals surface area contributed by atoms with Crippen molar-refractivity contribution in [2.45, 2.75) is 12.6 Å². The van der Waals surface area contributed by atoms with Gasteiger partial charge in [-0.05, 0) is 29.8 Å². The van der Waals surface area contributed by atoms with Crippen molar-refractivity contribution in [3.05, 3.63) is 87.9 Å². The molecule has 1 aromatic carbocycles. The van der Waals surface area contributed by atoms with E-state index in [0.29, 0.717) is 11.4 Å². The monoisotopic (exact) mass is 342 g/mol. The van der Waals surface area contributed by atoms with Gasteiger partial charge in [0.05, 0.1) is 0 Å². The number of benzene rings is 1. The Kier molecular flexibility index (Phi) is 4.76. The van der Waals surface area contributed by atoms with Gasteiger partial charge in [-0.25, -0.2) is 9.37 Å². The average Bonchev–Trinajstić information content (AvgIpc) is 2.64. The second-order valence-electron chi connectivity index (χ2n) is 5.29. The highest BCUT2D eigenvalue weighted by atomic mass is 19.1. The number of aliphatic hydroxyl groups is 1. The highest BCUT2D eigenvalue weighted by Crippen LogP contribution is 2.31. The molecule has 128 valence electrons. The zero-order valence-corrected chi connectivity index (χ0v) is 13.0. The van der Waals surface area contributed by atoms with Gasteiger partial charge in [0.2, 0.25) is 11.2 Å². The van der Waals surface area contributed by atoms with Crippen LogP contribution >= 0.6 is 0 Å². The van der Waals surface area contributed by atoms with Gasteiger partial charge in [-0.1, -0.05) is 18.2 Å². The summed E-state index contributed by atoms with van der Waals surface area (Å²) in [6.45, 7) is -0.498. The first kappa shape index (κ1) is 16.7. The summed E-state index contributed by atoms with van der Waals surface area (Å²) >= 11 is 0. The van der Waals surface area contributed by atoms with E-state index < -0.39 is 29.6 Å². The summed E-state index contributed by atoms with van der Waals surface area (Å²) in [5.41, 5.74) is -0.138. The molecular formula is C18H15FN2O4. The lowest BCUT2D eigenvalue weighted by Gasteiger charge is -2.20. The first-order valence-electron chi connectivity index (χ1n) is 7.48. The van der Waals surface area contributed by atoms with Gasteiger partial charge in [-0.15, -0.1) is 0 Å². The zero-order valence-electron chi connectivity index (χ0n) is 13.0. The summed E-state index contributed by atoms with van der Waals surface area (Å²) in [5, 5.41) is 22.5. The predicted molar refractivity (Wildman–Crippen MR) is 88.7 cm³/mol. The molecule has 0 bridgehead atoms. The number of nitrogens with zero attached hydrogens (tertiary/aromatic N) is 1. The Morgan fingerprint density at radius 1 is 1.20 bits per heavy atom. The van der Waals surface area contributed by atoms with Gasteiger partial charge in [0, 0.05) is 12.3 Å². The van der Waals surface area contributed by atoms with E-state index in [1.54, 1.807) is 24.4 Å². The molecule has 0 spiro atoms. The van der Waals surface area contributed by atoms with E-state index in [2.05, 4.69) is 10.3 Å². The Balaban J connectivity index is 2.12. The molecule has 3 N–H and O–H groups in total. The van der Waals surface area contributed by atoms with Crippen molar-refractivity contribution in [2.24, 2.45) is 0 Å². The van der Waals surface area contributed by atoms with Crippen molar-refractivity contribution in [3.8, 4) is 5.75 Å². The number of halogens is 1. The molecule has 3 rings (SSSR count). The Labute approximate surface area is 142 Å². The van der Waals surface area contributed by atoms with Crippen LogP contribution in [0.1, 0.15) is 23.1 Å². The van der Waals surface area contributed by atoms with Gasteiger partial charge in [0.25, 0.3) is 0 Å². The third-order valence-electron chi connectivity index (χ3n) is 3.58. The molecule has 0 aliphatic rings. The van der Waals surface area contributed by atoms with Gasteiger partial charge in [-0.3, -0.25) is 4.79 Å². The SMILES string of the molecule is O=c1cc(CO)oc([C@H](Nc2ccccn2)c2ccc(F)cc2)c1O. The number of pyridine rings is 1. The van der Waals surface area contributed by atoms with Crippen LogP contribution in [0.5, 0.6) is 5.75 Å². The fraction of sp³-hybridized carbons (Fsp3) is 0.111. The van der Waals surface area contributed by atoms with Gasteiger partial charge >= 0.3 is 0 Å². The lowest BCUT2D eigenvalue weighted by Crippen LogP contribution is -2.17. The van der Waals surface area contributed by atoms with Crippen LogP contribution in [0.4, 0.5) is 10.2 Å². The molecule has 0 amide bonds. The quantitative estimate of drug-likeness (QED) is 0.660. The predicted octanol–water partition coefficient (Wildman–Crippen LogP) is 2.57. The molecule has 3 aromatic rings. The van der Waals surface area contributed by atoms with Gasteiger partial charge in [0.15, 0.2) is 5.76 Å². The summed E-state index contributed by atoms with van der Waals surface area (Å²) in [7, 11) is 0. The number of nitrogens with one attached hydrogen (secondary N) is 1. The molecule has 0 saturated heterocycles. The fourth-order valence-corrected chi connectivity index (χ4v) is 2.38. The van der Waals surface area contributed by atoms with Crippen LogP contribution in [-0.2, 0) is 6.61 Å². The second kappa shape index (κ2) is 7.14. The summed E-state index contributed by atoms with van der Waals surface area (Å²) in [4.78, 5) is 16.1. The maximum atomic E-state index is 13.3. The van der Waals surface area contributed by atoms with Crippen molar-refractivity contribution in [1.82, 2.24) is 4.98 Å². The largest absolute Gasteiger partial charge is 0.502 e. The Bertz CT molecular complexity index is 911. The maximum Gasteiger partial charge on any atom is 0.227 e. The Hall–Kier alpha value is -3.19. The summed E-state index contributed by atoms with van der Waals surface area (Å²) in [6, 6.07) is 10.9. The zero-order chi connectivity index (χ0) is 17.8. The number of anilines is 1. The molecule has 1 atom stereocenters. The Morgan fingerprint density at radius 3 is 2.60 bits per heavy atom. The van der Waals surface area contributed by atoms with Crippen LogP contribution in [0.25, 0.3) is 0 Å². The number of hydrogen-bond donors (Lipinski definition) is 3. The molecule has 0 fully saturated rings. The van der Waals surface area contributed by atoms with Crippen molar-refractivity contribution in [3.63, 3.8) is 0 Å². The van der Waals surface area contributed by atoms with Crippen LogP contribution in [0.15, 0.2) is 63.9 Å². The van der Waals surface area contributed by atoms with Crippen molar-refractivity contribution in [1.29, 1.82) is 0 Å². The van der Waals surface area contributed by atoms with E-state index in [0.717, 1.165) is 6.07 Å². The molecule has 6 nitrogen and oxygen atoms in total. The first-order chi connectivity index (χ1) is 12.1. The highest BCUT2D eigenvalue weighted by Gasteiger charge is 2.24. The molecular weight excluding hydrogens is 327 g/mol. The molecule has 7 heteroatoms. The lowest BCUT2D eigenvalue weighted by molar-refractivity contribution is 0.234. The van der Waals surface area contributed by atoms with Gasteiger partial charge in [0.1, 0.15) is 30.0 Å². The van der Waals surface area contributed by atoms with Crippen molar-refractivity contribution in [2.75, 3.05) is 5.32 Å². The van der Waals surface area contributed by atoms with E-state index in [4.69, 9.17) is 4.42 Å². The third kappa shape index (κ3) is 3.67. The minimum absolute atomic E-state index is 0.00716. The molecule has 0 radical (unpaired) electrons. The fourth-order valence-electron chi connectivity index (χ4n) is 2.38. The van der Waals surface area contributed by atoms with Crippen LogP contribution in [0.2, 0.25) is 0 Å². The number of aromatic hydroxyl groups is 1. The highest BCUT2D eigenvalue weighted by molar-refractivity contribution is 5.45. The van der Waals surface area contributed by atoms with Crippen molar-refractivity contribution < 1.29 is 19.0 Å². The van der Waals surface area contributed by atoms with E-state index in [1.165, 1.54) is 24.3 Å². The standard InChI is InChI=1S/C18H15FN2O4/c19-12-6-4-11(5-7-12)16(21-15-3-1-2-8-20-15)18-17(24)14(23)9-13(10-22)25-18/h1-9,16,22,24H,10H2,(H,20,21)/t16-/m1/s1. The van der Waals surface area contributed by atoms with E-state index in [1.807, 2.05) is 0 Å². The second-order valence-corrected chi connectivity index (χ2v) is 5.29. The molecule has 0 saturated carbocycles. The molecule has 2 heterocycles. The average molecular weight is 342 g/mol. The molecule has 0 aliphatic carbocycles.